The van der Waals surface area contributed by atoms with Crippen molar-refractivity contribution in [2.24, 2.45) is 0 Å². The summed E-state index contributed by atoms with van der Waals surface area (Å²) in [5, 5.41) is 0. The van der Waals surface area contributed by atoms with E-state index in [2.05, 4.69) is 37.5 Å². The average molecular weight is 411 g/mol. The van der Waals surface area contributed by atoms with E-state index in [1.54, 1.807) is 20.4 Å². The molecular formula is C16H18IN3O2. The van der Waals surface area contributed by atoms with E-state index in [0.717, 1.165) is 26.0 Å². The summed E-state index contributed by atoms with van der Waals surface area (Å²) < 4.78 is 11.6. The third-order valence-electron chi connectivity index (χ3n) is 3.01. The quantitative estimate of drug-likeness (QED) is 0.654. The van der Waals surface area contributed by atoms with Crippen LogP contribution in [0.25, 0.3) is 22.4 Å². The molecule has 5 nitrogen and oxygen atoms in total. The van der Waals surface area contributed by atoms with E-state index in [0.29, 0.717) is 11.5 Å². The maximum absolute atomic E-state index is 5.31. The Hall–Kier alpha value is -1.83. The number of rotatable bonds is 3. The van der Waals surface area contributed by atoms with E-state index in [1.807, 2.05) is 38.2 Å². The van der Waals surface area contributed by atoms with Crippen LogP contribution in [0.3, 0.4) is 0 Å². The summed E-state index contributed by atoms with van der Waals surface area (Å²) in [6.07, 6.45) is 3.64. The van der Waals surface area contributed by atoms with Crippen molar-refractivity contribution in [1.29, 1.82) is 0 Å². The molecule has 0 radical (unpaired) electrons. The van der Waals surface area contributed by atoms with Gasteiger partial charge in [0.1, 0.15) is 5.52 Å². The van der Waals surface area contributed by atoms with Crippen LogP contribution in [0.4, 0.5) is 0 Å². The van der Waals surface area contributed by atoms with Gasteiger partial charge in [0.2, 0.25) is 0 Å². The molecule has 0 bridgehead atoms. The normalized spacial score (nSPS) is 10.0. The smallest absolute Gasteiger partial charge is 0.161 e. The van der Waals surface area contributed by atoms with Crippen molar-refractivity contribution >= 4 is 33.8 Å². The van der Waals surface area contributed by atoms with Crippen LogP contribution in [-0.4, -0.2) is 29.2 Å². The summed E-state index contributed by atoms with van der Waals surface area (Å²) in [5.41, 5.74) is 3.40. The van der Waals surface area contributed by atoms with E-state index in [1.165, 1.54) is 0 Å². The van der Waals surface area contributed by atoms with Gasteiger partial charge in [-0.2, -0.15) is 0 Å². The first-order valence-electron chi connectivity index (χ1n) is 6.95. The van der Waals surface area contributed by atoms with Gasteiger partial charge in [-0.3, -0.25) is 0 Å². The number of ether oxygens (including phenoxy) is 2. The number of fused-ring (bicyclic) bond motifs is 1. The number of aromatic nitrogens is 3. The molecular weight excluding hydrogens is 393 g/mol. The zero-order chi connectivity index (χ0) is 16.1. The second kappa shape index (κ2) is 7.44. The van der Waals surface area contributed by atoms with Gasteiger partial charge in [0.15, 0.2) is 17.1 Å². The lowest BCUT2D eigenvalue weighted by molar-refractivity contribution is 0.355. The van der Waals surface area contributed by atoms with Crippen LogP contribution < -0.4 is 9.47 Å². The molecule has 0 spiro atoms. The van der Waals surface area contributed by atoms with Crippen molar-refractivity contribution in [3.05, 3.63) is 34.2 Å². The van der Waals surface area contributed by atoms with Crippen molar-refractivity contribution in [3.63, 3.8) is 0 Å². The Labute approximate surface area is 143 Å². The van der Waals surface area contributed by atoms with Gasteiger partial charge in [-0.05, 0) is 40.8 Å². The molecule has 22 heavy (non-hydrogen) atoms. The van der Waals surface area contributed by atoms with Crippen molar-refractivity contribution in [2.75, 3.05) is 14.2 Å². The maximum atomic E-state index is 5.31. The fraction of sp³-hybridized carbons (Fsp3) is 0.250. The van der Waals surface area contributed by atoms with Crippen molar-refractivity contribution < 1.29 is 9.47 Å². The number of halogens is 1. The third kappa shape index (κ3) is 3.16. The van der Waals surface area contributed by atoms with Crippen molar-refractivity contribution in [1.82, 2.24) is 15.0 Å². The molecule has 0 aliphatic rings. The highest BCUT2D eigenvalue weighted by atomic mass is 127. The Morgan fingerprint density at radius 2 is 1.82 bits per heavy atom. The zero-order valence-electron chi connectivity index (χ0n) is 13.0. The molecule has 1 N–H and O–H groups in total. The van der Waals surface area contributed by atoms with E-state index in [-0.39, 0.29) is 0 Å². The second-order valence-electron chi connectivity index (χ2n) is 4.16. The van der Waals surface area contributed by atoms with Crippen LogP contribution in [-0.2, 0) is 0 Å². The van der Waals surface area contributed by atoms with Gasteiger partial charge in [0, 0.05) is 11.8 Å². The largest absolute Gasteiger partial charge is 0.493 e. The fourth-order valence-corrected chi connectivity index (χ4v) is 2.53. The molecule has 0 fully saturated rings. The lowest BCUT2D eigenvalue weighted by Crippen LogP contribution is -1.92. The molecule has 0 saturated heterocycles. The number of nitrogens with zero attached hydrogens (tertiary/aromatic N) is 2. The van der Waals surface area contributed by atoms with Crippen LogP contribution in [0.1, 0.15) is 13.8 Å². The highest BCUT2D eigenvalue weighted by molar-refractivity contribution is 14.1. The topological polar surface area (TPSA) is 60.0 Å². The van der Waals surface area contributed by atoms with Gasteiger partial charge < -0.3 is 14.5 Å². The highest BCUT2D eigenvalue weighted by Crippen LogP contribution is 2.32. The molecule has 0 aliphatic heterocycles. The molecule has 0 amide bonds. The van der Waals surface area contributed by atoms with Gasteiger partial charge in [-0.1, -0.05) is 13.8 Å². The molecule has 2 aromatic heterocycles. The average Bonchev–Trinajstić information content (AvgIpc) is 2.96. The first-order chi connectivity index (χ1) is 10.7. The number of benzene rings is 1. The predicted molar refractivity (Wildman–Crippen MR) is 96.5 cm³/mol. The number of hydrogen-bond acceptors (Lipinski definition) is 4. The lowest BCUT2D eigenvalue weighted by atomic mass is 10.1. The van der Waals surface area contributed by atoms with Crippen LogP contribution in [0, 0.1) is 3.57 Å². The van der Waals surface area contributed by atoms with Crippen molar-refractivity contribution in [3.8, 4) is 22.8 Å². The predicted octanol–water partition coefficient (Wildman–Crippen LogP) is 4.27. The number of hydrogen-bond donors (Lipinski definition) is 1. The number of H-pyrrole nitrogens is 1. The third-order valence-corrected chi connectivity index (χ3v) is 3.84. The Morgan fingerprint density at radius 1 is 1.09 bits per heavy atom. The zero-order valence-corrected chi connectivity index (χ0v) is 15.1. The van der Waals surface area contributed by atoms with E-state index in [4.69, 9.17) is 9.47 Å². The monoisotopic (exact) mass is 411 g/mol. The minimum absolute atomic E-state index is 0.677. The summed E-state index contributed by atoms with van der Waals surface area (Å²) in [4.78, 5) is 12.1. The standard InChI is InChI=1S/C14H12IN3O2.C2H6/c1-19-11-4-3-8(5-12(11)20-2)10-7-17-14-13(18-10)9(15)6-16-14;1-2/h3-7H,1-2H3,(H,16,17);1-2H3. The Kier molecular flexibility index (Phi) is 5.59. The minimum Gasteiger partial charge on any atom is -0.493 e. The Morgan fingerprint density at radius 3 is 2.50 bits per heavy atom. The molecule has 0 aliphatic carbocycles. The van der Waals surface area contributed by atoms with Gasteiger partial charge >= 0.3 is 0 Å². The summed E-state index contributed by atoms with van der Waals surface area (Å²) in [6, 6.07) is 5.70. The summed E-state index contributed by atoms with van der Waals surface area (Å²) in [7, 11) is 3.23. The van der Waals surface area contributed by atoms with E-state index in [9.17, 15) is 0 Å². The molecule has 6 heteroatoms. The molecule has 2 heterocycles. The van der Waals surface area contributed by atoms with E-state index < -0.39 is 0 Å². The van der Waals surface area contributed by atoms with Crippen LogP contribution in [0.15, 0.2) is 30.6 Å². The summed E-state index contributed by atoms with van der Waals surface area (Å²) in [5.74, 6) is 1.37. The van der Waals surface area contributed by atoms with Crippen LogP contribution in [0.2, 0.25) is 0 Å². The van der Waals surface area contributed by atoms with Crippen molar-refractivity contribution in [2.45, 2.75) is 13.8 Å². The van der Waals surface area contributed by atoms with E-state index >= 15 is 0 Å². The number of nitrogens with one attached hydrogen (secondary N) is 1. The first-order valence-corrected chi connectivity index (χ1v) is 8.03. The molecule has 0 unspecified atom stereocenters. The summed E-state index contributed by atoms with van der Waals surface area (Å²) in [6.45, 7) is 4.00. The van der Waals surface area contributed by atoms with Gasteiger partial charge in [0.05, 0.1) is 29.7 Å². The first kappa shape index (κ1) is 16.5. The Balaban J connectivity index is 0.000000847. The van der Waals surface area contributed by atoms with Gasteiger partial charge in [-0.15, -0.1) is 0 Å². The fourth-order valence-electron chi connectivity index (χ4n) is 2.00. The van der Waals surface area contributed by atoms with Gasteiger partial charge in [-0.25, -0.2) is 9.97 Å². The molecule has 0 saturated carbocycles. The van der Waals surface area contributed by atoms with Crippen LogP contribution >= 0.6 is 22.6 Å². The van der Waals surface area contributed by atoms with Crippen LogP contribution in [0.5, 0.6) is 11.5 Å². The molecule has 1 aromatic carbocycles. The maximum Gasteiger partial charge on any atom is 0.161 e. The minimum atomic E-state index is 0.677. The summed E-state index contributed by atoms with van der Waals surface area (Å²) >= 11 is 2.24. The lowest BCUT2D eigenvalue weighted by Gasteiger charge is -2.09. The molecule has 0 atom stereocenters. The molecule has 3 aromatic rings. The number of methoxy groups -OCH3 is 2. The SMILES string of the molecule is CC.COc1ccc(-c2cnc3[nH]cc(I)c3n2)cc1OC. The molecule has 3 rings (SSSR count). The van der Waals surface area contributed by atoms with Gasteiger partial charge in [0.25, 0.3) is 0 Å². The Bertz CT molecular complexity index is 771. The molecule has 116 valence electrons. The number of aromatic amines is 1. The highest BCUT2D eigenvalue weighted by Gasteiger charge is 2.10. The second-order valence-corrected chi connectivity index (χ2v) is 5.32.